The summed E-state index contributed by atoms with van der Waals surface area (Å²) in [7, 11) is 1.40. The van der Waals surface area contributed by atoms with Crippen LogP contribution in [-0.2, 0) is 9.59 Å². The molecule has 8 heteroatoms. The molecule has 138 valence electrons. The zero-order valence-corrected chi connectivity index (χ0v) is 16.6. The second kappa shape index (κ2) is 7.39. The first-order chi connectivity index (χ1) is 12.8. The van der Waals surface area contributed by atoms with E-state index in [0.29, 0.717) is 5.69 Å². The Morgan fingerprint density at radius 2 is 1.81 bits per heavy atom. The molecule has 0 unspecified atom stereocenters. The average molecular weight is 478 g/mol. The molecule has 2 aromatic carbocycles. The third-order valence-electron chi connectivity index (χ3n) is 3.98. The maximum absolute atomic E-state index is 12.8. The molecule has 3 rings (SSSR count). The van der Waals surface area contributed by atoms with Gasteiger partial charge in [0.2, 0.25) is 0 Å². The average Bonchev–Trinajstić information content (AvgIpc) is 2.62. The van der Waals surface area contributed by atoms with Crippen LogP contribution in [-0.4, -0.2) is 30.1 Å². The summed E-state index contributed by atoms with van der Waals surface area (Å²) in [5.41, 5.74) is 1.27. The minimum atomic E-state index is -0.828. The largest absolute Gasteiger partial charge is 0.504 e. The highest BCUT2D eigenvalue weighted by Gasteiger charge is 2.37. The first-order valence-electron chi connectivity index (χ1n) is 7.86. The lowest BCUT2D eigenvalue weighted by Crippen LogP contribution is -2.54. The number of aromatic hydroxyl groups is 1. The van der Waals surface area contributed by atoms with Gasteiger partial charge in [0.15, 0.2) is 11.5 Å². The van der Waals surface area contributed by atoms with E-state index in [1.54, 1.807) is 36.4 Å². The third-order valence-corrected chi connectivity index (χ3v) is 4.61. The number of rotatable bonds is 3. The van der Waals surface area contributed by atoms with E-state index >= 15 is 0 Å². The lowest BCUT2D eigenvalue weighted by Gasteiger charge is -2.26. The van der Waals surface area contributed by atoms with Crippen molar-refractivity contribution in [3.8, 4) is 11.5 Å². The Hall–Kier alpha value is -2.88. The van der Waals surface area contributed by atoms with Crippen molar-refractivity contribution in [3.63, 3.8) is 0 Å². The Kier molecular flexibility index (Phi) is 5.17. The fourth-order valence-corrected chi connectivity index (χ4v) is 3.22. The smallest absolute Gasteiger partial charge is 0.335 e. The van der Waals surface area contributed by atoms with Crippen molar-refractivity contribution in [1.82, 2.24) is 5.32 Å². The molecule has 4 amide bonds. The molecule has 7 nitrogen and oxygen atoms in total. The highest BCUT2D eigenvalue weighted by atomic mass is 127. The molecular weight excluding hydrogens is 463 g/mol. The van der Waals surface area contributed by atoms with Gasteiger partial charge < -0.3 is 9.84 Å². The number of amides is 4. The second-order valence-electron chi connectivity index (χ2n) is 5.84. The highest BCUT2D eigenvalue weighted by Crippen LogP contribution is 2.34. The number of nitrogens with one attached hydrogen (secondary N) is 1. The molecule has 0 atom stereocenters. The molecule has 1 aliphatic rings. The fraction of sp³-hybridized carbons (Fsp3) is 0.105. The van der Waals surface area contributed by atoms with Gasteiger partial charge in [0.05, 0.1) is 12.8 Å². The number of hydrogen-bond acceptors (Lipinski definition) is 5. The van der Waals surface area contributed by atoms with E-state index in [0.717, 1.165) is 14.0 Å². The predicted molar refractivity (Wildman–Crippen MR) is 108 cm³/mol. The maximum atomic E-state index is 12.8. The van der Waals surface area contributed by atoms with Gasteiger partial charge in [0.25, 0.3) is 11.8 Å². The number of hydrogen-bond donors (Lipinski definition) is 2. The molecule has 0 aromatic heterocycles. The molecule has 2 aromatic rings. The minimum absolute atomic E-state index is 0.204. The van der Waals surface area contributed by atoms with E-state index in [1.165, 1.54) is 13.2 Å². The van der Waals surface area contributed by atoms with Gasteiger partial charge in [-0.1, -0.05) is 17.7 Å². The summed E-state index contributed by atoms with van der Waals surface area (Å²) < 4.78 is 5.83. The summed E-state index contributed by atoms with van der Waals surface area (Å²) in [4.78, 5) is 38.2. The van der Waals surface area contributed by atoms with E-state index in [1.807, 2.05) is 29.5 Å². The van der Waals surface area contributed by atoms with Gasteiger partial charge >= 0.3 is 6.03 Å². The van der Waals surface area contributed by atoms with Crippen molar-refractivity contribution in [2.24, 2.45) is 0 Å². The number of anilines is 1. The van der Waals surface area contributed by atoms with Gasteiger partial charge in [-0.3, -0.25) is 14.9 Å². The Balaban J connectivity index is 2.07. The molecule has 0 aliphatic carbocycles. The third kappa shape index (κ3) is 3.65. The van der Waals surface area contributed by atoms with Crippen molar-refractivity contribution in [2.75, 3.05) is 12.0 Å². The van der Waals surface area contributed by atoms with Crippen LogP contribution in [0.3, 0.4) is 0 Å². The number of halogens is 1. The Morgan fingerprint density at radius 3 is 2.44 bits per heavy atom. The van der Waals surface area contributed by atoms with Gasteiger partial charge in [-0.2, -0.15) is 0 Å². The molecule has 1 fully saturated rings. The number of phenolic OH excluding ortho intramolecular Hbond substituents is 1. The number of urea groups is 1. The van der Waals surface area contributed by atoms with Crippen LogP contribution in [0.25, 0.3) is 6.08 Å². The number of imide groups is 2. The number of phenols is 1. The maximum Gasteiger partial charge on any atom is 0.335 e. The first kappa shape index (κ1) is 18.9. The van der Waals surface area contributed by atoms with Gasteiger partial charge in [-0.25, -0.2) is 9.69 Å². The molecule has 27 heavy (non-hydrogen) atoms. The summed E-state index contributed by atoms with van der Waals surface area (Å²) in [5, 5.41) is 12.4. The van der Waals surface area contributed by atoms with Crippen LogP contribution in [0.15, 0.2) is 42.0 Å². The van der Waals surface area contributed by atoms with E-state index in [9.17, 15) is 19.5 Å². The van der Waals surface area contributed by atoms with E-state index < -0.39 is 17.8 Å². The summed E-state index contributed by atoms with van der Waals surface area (Å²) in [6.07, 6.45) is 1.24. The van der Waals surface area contributed by atoms with Gasteiger partial charge in [-0.05, 0) is 59.9 Å². The fourth-order valence-electron chi connectivity index (χ4n) is 2.60. The molecule has 0 spiro atoms. The quantitative estimate of drug-likeness (QED) is 0.402. The van der Waals surface area contributed by atoms with Crippen LogP contribution >= 0.6 is 22.6 Å². The number of ether oxygens (including phenoxy) is 1. The molecule has 2 N–H and O–H groups in total. The number of aryl methyl sites for hydroxylation is 1. The number of carbonyl (C=O) groups excluding carboxylic acids is 3. The second-order valence-corrected chi connectivity index (χ2v) is 7.08. The monoisotopic (exact) mass is 478 g/mol. The number of nitrogens with zero attached hydrogens (tertiary/aromatic N) is 1. The van der Waals surface area contributed by atoms with Crippen molar-refractivity contribution in [1.29, 1.82) is 0 Å². The van der Waals surface area contributed by atoms with Gasteiger partial charge in [-0.15, -0.1) is 0 Å². The number of barbiturate groups is 1. The van der Waals surface area contributed by atoms with E-state index in [4.69, 9.17) is 4.74 Å². The van der Waals surface area contributed by atoms with Crippen molar-refractivity contribution < 1.29 is 24.2 Å². The normalized spacial score (nSPS) is 15.9. The van der Waals surface area contributed by atoms with Gasteiger partial charge in [0, 0.05) is 9.13 Å². The SMILES string of the molecule is COc1cc(I)cc(/C=C2\C(=O)NC(=O)N(c3ccc(C)cc3)C2=O)c1O. The van der Waals surface area contributed by atoms with Crippen LogP contribution in [0, 0.1) is 10.5 Å². The topological polar surface area (TPSA) is 95.9 Å². The van der Waals surface area contributed by atoms with Crippen LogP contribution in [0.2, 0.25) is 0 Å². The zero-order chi connectivity index (χ0) is 19.7. The van der Waals surface area contributed by atoms with Crippen molar-refractivity contribution in [3.05, 3.63) is 56.7 Å². The van der Waals surface area contributed by atoms with Crippen molar-refractivity contribution in [2.45, 2.75) is 6.92 Å². The van der Waals surface area contributed by atoms with E-state index in [-0.39, 0.29) is 22.6 Å². The molecule has 1 heterocycles. The number of benzene rings is 2. The van der Waals surface area contributed by atoms with Crippen molar-refractivity contribution >= 4 is 52.2 Å². The Morgan fingerprint density at radius 1 is 1.15 bits per heavy atom. The Bertz CT molecular complexity index is 982. The summed E-state index contributed by atoms with van der Waals surface area (Å²) >= 11 is 2.03. The lowest BCUT2D eigenvalue weighted by atomic mass is 10.1. The highest BCUT2D eigenvalue weighted by molar-refractivity contribution is 14.1. The first-order valence-corrected chi connectivity index (χ1v) is 8.94. The summed E-state index contributed by atoms with van der Waals surface area (Å²) in [5.74, 6) is -1.59. The molecule has 1 aliphatic heterocycles. The number of methoxy groups -OCH3 is 1. The molecule has 0 saturated carbocycles. The standard InChI is InChI=1S/C19H15IN2O5/c1-10-3-5-13(6-4-10)22-18(25)14(17(24)21-19(22)26)8-11-7-12(20)9-15(27-2)16(11)23/h3-9,23H,1-2H3,(H,21,24,26)/b14-8+. The lowest BCUT2D eigenvalue weighted by molar-refractivity contribution is -0.122. The molecule has 0 bridgehead atoms. The minimum Gasteiger partial charge on any atom is -0.504 e. The van der Waals surface area contributed by atoms with Crippen LogP contribution < -0.4 is 15.0 Å². The zero-order valence-electron chi connectivity index (χ0n) is 14.4. The summed E-state index contributed by atoms with van der Waals surface area (Å²) in [6, 6.07) is 9.13. The molecule has 1 saturated heterocycles. The molecular formula is C19H15IN2O5. The number of carbonyl (C=O) groups is 3. The molecule has 0 radical (unpaired) electrons. The van der Waals surface area contributed by atoms with Crippen LogP contribution in [0.4, 0.5) is 10.5 Å². The van der Waals surface area contributed by atoms with Crippen LogP contribution in [0.1, 0.15) is 11.1 Å². The van der Waals surface area contributed by atoms with E-state index in [2.05, 4.69) is 5.32 Å². The van der Waals surface area contributed by atoms with Crippen LogP contribution in [0.5, 0.6) is 11.5 Å². The summed E-state index contributed by atoms with van der Waals surface area (Å²) in [6.45, 7) is 1.88. The van der Waals surface area contributed by atoms with Gasteiger partial charge in [0.1, 0.15) is 5.57 Å². The Labute approximate surface area is 168 Å². The predicted octanol–water partition coefficient (Wildman–Crippen LogP) is 2.98.